The van der Waals surface area contributed by atoms with Crippen molar-refractivity contribution in [3.05, 3.63) is 120 Å². The fourth-order valence-electron chi connectivity index (χ4n) is 7.80. The van der Waals surface area contributed by atoms with E-state index < -0.39 is 33.5 Å². The van der Waals surface area contributed by atoms with Gasteiger partial charge in [0.05, 0.1) is 54.0 Å². The van der Waals surface area contributed by atoms with E-state index in [1.807, 2.05) is 20.8 Å². The molecule has 0 aliphatic heterocycles. The molecule has 0 saturated heterocycles. The third-order valence-corrected chi connectivity index (χ3v) is 12.4. The fourth-order valence-corrected chi connectivity index (χ4v) is 7.80. The van der Waals surface area contributed by atoms with E-state index in [-0.39, 0.29) is 35.1 Å². The number of quaternary nitrogens is 3. The highest BCUT2D eigenvalue weighted by atomic mass is 16.6. The summed E-state index contributed by atoms with van der Waals surface area (Å²) in [7, 11) is 0. The van der Waals surface area contributed by atoms with Crippen molar-refractivity contribution in [1.29, 1.82) is 0 Å². The summed E-state index contributed by atoms with van der Waals surface area (Å²) in [5, 5.41) is 33.9. The zero-order valence-corrected chi connectivity index (χ0v) is 36.2. The topological polar surface area (TPSA) is 196 Å². The molecule has 1 aromatic heterocycles. The lowest BCUT2D eigenvalue weighted by Crippen LogP contribution is -2.56. The first kappa shape index (κ1) is 46.8. The highest BCUT2D eigenvalue weighted by molar-refractivity contribution is 5.34. The normalized spacial score (nSPS) is 13.6. The molecule has 4 rings (SSSR count). The summed E-state index contributed by atoms with van der Waals surface area (Å²) >= 11 is 0. The van der Waals surface area contributed by atoms with Gasteiger partial charge in [0.15, 0.2) is 0 Å². The highest BCUT2D eigenvalue weighted by Gasteiger charge is 2.38. The fraction of sp³-hybridized carbons (Fsp3) is 0.500. The predicted molar refractivity (Wildman–Crippen MR) is 225 cm³/mol. The number of hydrogen-bond donors (Lipinski definition) is 0. The Labute approximate surface area is 351 Å². The Bertz CT molecular complexity index is 1800. The van der Waals surface area contributed by atoms with E-state index in [9.17, 15) is 30.3 Å². The second kappa shape index (κ2) is 20.4. The first-order valence-electron chi connectivity index (χ1n) is 20.5. The van der Waals surface area contributed by atoms with Gasteiger partial charge < -0.3 is 14.2 Å². The zero-order chi connectivity index (χ0) is 44.3. The molecule has 60 heavy (non-hydrogen) atoms. The van der Waals surface area contributed by atoms with Gasteiger partial charge in [0, 0.05) is 73.9 Å². The van der Waals surface area contributed by atoms with E-state index in [2.05, 4.69) is 56.5 Å². The number of benzene rings is 3. The van der Waals surface area contributed by atoms with E-state index in [4.69, 9.17) is 14.2 Å². The molecule has 3 atom stereocenters. The Hall–Kier alpha value is -5.85. The number of nitro groups is 3. The van der Waals surface area contributed by atoms with Crippen molar-refractivity contribution in [2.24, 2.45) is 0 Å². The Balaban J connectivity index is 1.71. The van der Waals surface area contributed by atoms with Crippen molar-refractivity contribution >= 4 is 17.1 Å². The Morgan fingerprint density at radius 3 is 0.800 bits per heavy atom. The first-order chi connectivity index (χ1) is 28.5. The third kappa shape index (κ3) is 11.0. The van der Waals surface area contributed by atoms with E-state index in [1.165, 1.54) is 36.4 Å². The summed E-state index contributed by atoms with van der Waals surface area (Å²) in [4.78, 5) is 46.7. The predicted octanol–water partition coefficient (Wildman–Crippen LogP) is 7.94. The molecule has 18 nitrogen and oxygen atoms in total. The molecule has 0 aliphatic rings. The molecular weight excluding hydrogens is 775 g/mol. The minimum absolute atomic E-state index is 0.00192. The Morgan fingerprint density at radius 2 is 0.633 bits per heavy atom. The average molecular weight is 835 g/mol. The molecule has 1 heterocycles. The van der Waals surface area contributed by atoms with Crippen LogP contribution in [0, 0.1) is 30.3 Å². The molecule has 0 aliphatic carbocycles. The maximum Gasteiger partial charge on any atom is 0.330 e. The molecule has 0 spiro atoms. The summed E-state index contributed by atoms with van der Waals surface area (Å²) in [5.41, 5.74) is 2.79. The summed E-state index contributed by atoms with van der Waals surface area (Å²) in [6, 6.07) is 19.6. The lowest BCUT2D eigenvalue weighted by atomic mass is 10.1. The van der Waals surface area contributed by atoms with Crippen LogP contribution >= 0.6 is 0 Å². The van der Waals surface area contributed by atoms with Crippen LogP contribution in [-0.2, 0) is 19.6 Å². The molecule has 0 amide bonds. The molecule has 0 radical (unpaired) electrons. The molecule has 0 fully saturated rings. The van der Waals surface area contributed by atoms with Gasteiger partial charge >= 0.3 is 18.0 Å². The first-order valence-corrected chi connectivity index (χ1v) is 20.5. The summed E-state index contributed by atoms with van der Waals surface area (Å²) < 4.78 is 21.1. The van der Waals surface area contributed by atoms with Crippen LogP contribution in [0.25, 0.3) is 0 Å². The van der Waals surface area contributed by atoms with Crippen LogP contribution in [0.4, 0.5) is 17.1 Å². The molecule has 324 valence electrons. The smallest absolute Gasteiger partial charge is 0.330 e. The van der Waals surface area contributed by atoms with Gasteiger partial charge in [-0.25, -0.2) is 0 Å². The van der Waals surface area contributed by atoms with E-state index in [0.717, 1.165) is 16.7 Å². The molecule has 3 aromatic carbocycles. The molecular formula is C42H60N9O9+3. The van der Waals surface area contributed by atoms with Crippen LogP contribution in [0.3, 0.4) is 0 Å². The second-order valence-corrected chi connectivity index (χ2v) is 15.1. The van der Waals surface area contributed by atoms with Gasteiger partial charge in [-0.05, 0) is 77.9 Å². The van der Waals surface area contributed by atoms with Crippen molar-refractivity contribution in [2.75, 3.05) is 39.3 Å². The molecule has 18 heteroatoms. The highest BCUT2D eigenvalue weighted by Crippen LogP contribution is 2.29. The third-order valence-electron chi connectivity index (χ3n) is 12.4. The minimum Gasteiger partial charge on any atom is -0.410 e. The van der Waals surface area contributed by atoms with Gasteiger partial charge in [-0.15, -0.1) is 15.0 Å². The van der Waals surface area contributed by atoms with E-state index in [0.29, 0.717) is 72.4 Å². The summed E-state index contributed by atoms with van der Waals surface area (Å²) in [6.45, 7) is 23.8. The van der Waals surface area contributed by atoms with Gasteiger partial charge in [-0.2, -0.15) is 0 Å². The molecule has 0 unspecified atom stereocenters. The number of hydrogen-bond acceptors (Lipinski definition) is 12. The van der Waals surface area contributed by atoms with Crippen molar-refractivity contribution in [3.63, 3.8) is 0 Å². The maximum absolute atomic E-state index is 11.3. The number of nitrogens with zero attached hydrogens (tertiary/aromatic N) is 9. The van der Waals surface area contributed by atoms with E-state index in [1.54, 1.807) is 36.4 Å². The SMILES string of the molecule is CC[N+](CC)(Cc1ccc([N+](=O)[O-])cc1)[C@H](C)Oc1nc(O[C@@H](C)[N+](CC)(CC)Cc2ccc([N+](=O)[O-])cc2)nc(O[C@@H](C)[N+](CC)(CC)Cc2ccc([N+](=O)[O-])cc2)n1. The molecule has 4 aromatic rings. The molecule has 0 N–H and O–H groups in total. The number of nitro benzene ring substituents is 3. The lowest BCUT2D eigenvalue weighted by Gasteiger charge is -2.42. The monoisotopic (exact) mass is 834 g/mol. The van der Waals surface area contributed by atoms with Gasteiger partial charge in [0.2, 0.25) is 18.7 Å². The van der Waals surface area contributed by atoms with Crippen LogP contribution in [-0.4, -0.2) is 101 Å². The standard InChI is InChI=1S/C42H60N9O9/c1-10-49(11-2,28-34-16-22-37(23-17-34)46(52)53)31(7)58-40-43-41(59-32(8)50(12-3,13-4)29-35-18-24-38(25-19-35)47(54)55)45-42(44-40)60-33(9)51(14-5,15-6)30-36-20-26-39(27-21-36)48(56)57/h16-27,31-33H,10-15,28-30H2,1-9H3/q+3/t31-,32-,33-/m0/s1. The van der Waals surface area contributed by atoms with Gasteiger partial charge in [0.25, 0.3) is 17.1 Å². The van der Waals surface area contributed by atoms with Crippen LogP contribution < -0.4 is 14.2 Å². The maximum atomic E-state index is 11.3. The van der Waals surface area contributed by atoms with Crippen LogP contribution in [0.5, 0.6) is 18.0 Å². The Kier molecular flexibility index (Phi) is 15.9. The summed E-state index contributed by atoms with van der Waals surface area (Å²) in [5.74, 6) is 0. The van der Waals surface area contributed by atoms with Crippen molar-refractivity contribution < 1.29 is 42.4 Å². The number of rotatable bonds is 24. The second-order valence-electron chi connectivity index (χ2n) is 15.1. The number of ether oxygens (including phenoxy) is 3. The minimum atomic E-state index is -0.486. The molecule has 0 bridgehead atoms. The van der Waals surface area contributed by atoms with E-state index >= 15 is 0 Å². The van der Waals surface area contributed by atoms with Crippen molar-refractivity contribution in [1.82, 2.24) is 15.0 Å². The number of aromatic nitrogens is 3. The van der Waals surface area contributed by atoms with Crippen molar-refractivity contribution in [2.45, 2.75) is 101 Å². The summed E-state index contributed by atoms with van der Waals surface area (Å²) in [6.07, 6.45) is -1.46. The van der Waals surface area contributed by atoms with Gasteiger partial charge in [0.1, 0.15) is 19.6 Å². The van der Waals surface area contributed by atoms with Crippen molar-refractivity contribution in [3.8, 4) is 18.0 Å². The van der Waals surface area contributed by atoms with Gasteiger partial charge in [-0.1, -0.05) is 0 Å². The van der Waals surface area contributed by atoms with Gasteiger partial charge in [-0.3, -0.25) is 43.8 Å². The number of non-ortho nitro benzene ring substituents is 3. The zero-order valence-electron chi connectivity index (χ0n) is 36.2. The lowest BCUT2D eigenvalue weighted by molar-refractivity contribution is -0.975. The van der Waals surface area contributed by atoms with Crippen LogP contribution in [0.1, 0.15) is 79.0 Å². The molecule has 0 saturated carbocycles. The van der Waals surface area contributed by atoms with Crippen LogP contribution in [0.15, 0.2) is 72.8 Å². The largest absolute Gasteiger partial charge is 0.410 e. The average Bonchev–Trinajstić information content (AvgIpc) is 3.24. The Morgan fingerprint density at radius 1 is 0.433 bits per heavy atom. The van der Waals surface area contributed by atoms with Crippen LogP contribution in [0.2, 0.25) is 0 Å². The quantitative estimate of drug-likeness (QED) is 0.0286.